The van der Waals surface area contributed by atoms with Gasteiger partial charge in [-0.05, 0) is 42.3 Å². The van der Waals surface area contributed by atoms with Crippen LogP contribution in [0.25, 0.3) is 0 Å². The summed E-state index contributed by atoms with van der Waals surface area (Å²) >= 11 is 9.12. The number of halogens is 3. The van der Waals surface area contributed by atoms with Crippen molar-refractivity contribution in [3.8, 4) is 11.5 Å². The largest absolute Gasteiger partial charge is 0.457 e. The molecule has 0 aliphatic heterocycles. The van der Waals surface area contributed by atoms with Gasteiger partial charge in [-0.2, -0.15) is 0 Å². The first-order chi connectivity index (χ1) is 8.60. The van der Waals surface area contributed by atoms with Crippen LogP contribution in [-0.4, -0.2) is 0 Å². The minimum atomic E-state index is -0.449. The molecule has 0 spiro atoms. The van der Waals surface area contributed by atoms with E-state index in [-0.39, 0.29) is 5.02 Å². The molecule has 0 atom stereocenters. The predicted octanol–water partition coefficient (Wildman–Crippen LogP) is 5.47. The number of hydrogen-bond donors (Lipinski definition) is 0. The molecule has 0 bridgehead atoms. The maximum Gasteiger partial charge on any atom is 0.142 e. The van der Waals surface area contributed by atoms with Crippen LogP contribution < -0.4 is 4.74 Å². The molecule has 94 valence electrons. The van der Waals surface area contributed by atoms with E-state index >= 15 is 0 Å². The molecule has 0 aliphatic rings. The quantitative estimate of drug-likeness (QED) is 0.678. The van der Waals surface area contributed by atoms with Crippen LogP contribution in [0.4, 0.5) is 4.39 Å². The van der Waals surface area contributed by atoms with Crippen molar-refractivity contribution in [1.29, 1.82) is 0 Å². The lowest BCUT2D eigenvalue weighted by atomic mass is 10.1. The van der Waals surface area contributed by atoms with Gasteiger partial charge in [0.25, 0.3) is 0 Å². The molecular formula is C14H11BrClFO. The van der Waals surface area contributed by atoms with E-state index in [1.807, 2.05) is 25.1 Å². The Morgan fingerprint density at radius 2 is 1.83 bits per heavy atom. The highest BCUT2D eigenvalue weighted by atomic mass is 79.9. The summed E-state index contributed by atoms with van der Waals surface area (Å²) < 4.78 is 18.6. The SMILES string of the molecule is Cc1cc(Oc2ccc(F)c(Cl)c2)ccc1CBr. The van der Waals surface area contributed by atoms with E-state index in [9.17, 15) is 4.39 Å². The Kier molecular flexibility index (Phi) is 4.25. The standard InChI is InChI=1S/C14H11BrClFO/c1-9-6-11(3-2-10(9)8-15)18-12-4-5-14(17)13(16)7-12/h2-7H,8H2,1H3. The van der Waals surface area contributed by atoms with Crippen molar-refractivity contribution < 1.29 is 9.13 Å². The van der Waals surface area contributed by atoms with Gasteiger partial charge in [0.05, 0.1) is 5.02 Å². The fourth-order valence-electron chi connectivity index (χ4n) is 1.56. The first-order valence-electron chi connectivity index (χ1n) is 5.38. The molecule has 0 aliphatic carbocycles. The summed E-state index contributed by atoms with van der Waals surface area (Å²) in [5.41, 5.74) is 2.34. The minimum absolute atomic E-state index is 0.0568. The number of ether oxygens (including phenoxy) is 1. The molecule has 1 nitrogen and oxygen atoms in total. The Balaban J connectivity index is 2.23. The molecule has 2 rings (SSSR count). The van der Waals surface area contributed by atoms with E-state index < -0.39 is 5.82 Å². The summed E-state index contributed by atoms with van der Waals surface area (Å²) in [5, 5.41) is 0.864. The third-order valence-electron chi connectivity index (χ3n) is 2.58. The number of rotatable bonds is 3. The van der Waals surface area contributed by atoms with E-state index in [2.05, 4.69) is 15.9 Å². The third kappa shape index (κ3) is 3.03. The second-order valence-electron chi connectivity index (χ2n) is 3.90. The fraction of sp³-hybridized carbons (Fsp3) is 0.143. The molecule has 0 unspecified atom stereocenters. The Morgan fingerprint density at radius 1 is 1.17 bits per heavy atom. The van der Waals surface area contributed by atoms with Gasteiger partial charge in [-0.3, -0.25) is 0 Å². The summed E-state index contributed by atoms with van der Waals surface area (Å²) in [6, 6.07) is 10.1. The highest BCUT2D eigenvalue weighted by Crippen LogP contribution is 2.27. The van der Waals surface area contributed by atoms with Gasteiger partial charge in [0, 0.05) is 11.4 Å². The number of benzene rings is 2. The maximum absolute atomic E-state index is 13.0. The van der Waals surface area contributed by atoms with Crippen molar-refractivity contribution in [1.82, 2.24) is 0 Å². The van der Waals surface area contributed by atoms with Crippen molar-refractivity contribution in [2.75, 3.05) is 0 Å². The van der Waals surface area contributed by atoms with Crippen LogP contribution in [0.15, 0.2) is 36.4 Å². The van der Waals surface area contributed by atoms with E-state index in [0.717, 1.165) is 10.9 Å². The van der Waals surface area contributed by atoms with Gasteiger partial charge in [0.1, 0.15) is 17.3 Å². The zero-order chi connectivity index (χ0) is 13.1. The molecule has 0 heterocycles. The Labute approximate surface area is 119 Å². The van der Waals surface area contributed by atoms with Gasteiger partial charge < -0.3 is 4.74 Å². The van der Waals surface area contributed by atoms with Crippen LogP contribution in [0.3, 0.4) is 0 Å². The van der Waals surface area contributed by atoms with Gasteiger partial charge in [-0.15, -0.1) is 0 Å². The molecule has 0 radical (unpaired) electrons. The Morgan fingerprint density at radius 3 is 2.44 bits per heavy atom. The lowest BCUT2D eigenvalue weighted by Crippen LogP contribution is -1.89. The maximum atomic E-state index is 13.0. The monoisotopic (exact) mass is 328 g/mol. The summed E-state index contributed by atoms with van der Waals surface area (Å²) in [5.74, 6) is 0.780. The summed E-state index contributed by atoms with van der Waals surface area (Å²) in [6.07, 6.45) is 0. The molecule has 0 fully saturated rings. The normalized spacial score (nSPS) is 10.4. The first kappa shape index (κ1) is 13.4. The third-order valence-corrected chi connectivity index (χ3v) is 3.48. The second-order valence-corrected chi connectivity index (χ2v) is 4.87. The molecule has 0 amide bonds. The van der Waals surface area contributed by atoms with Gasteiger partial charge in [-0.25, -0.2) is 4.39 Å². The van der Waals surface area contributed by atoms with Crippen LogP contribution in [0.5, 0.6) is 11.5 Å². The van der Waals surface area contributed by atoms with Crippen molar-refractivity contribution in [2.45, 2.75) is 12.3 Å². The van der Waals surface area contributed by atoms with Crippen LogP contribution >= 0.6 is 27.5 Å². The summed E-state index contributed by atoms with van der Waals surface area (Å²) in [6.45, 7) is 2.01. The van der Waals surface area contributed by atoms with Gasteiger partial charge in [-0.1, -0.05) is 33.6 Å². The van der Waals surface area contributed by atoms with Crippen LogP contribution in [0, 0.1) is 12.7 Å². The van der Waals surface area contributed by atoms with Crippen molar-refractivity contribution in [3.63, 3.8) is 0 Å². The van der Waals surface area contributed by atoms with E-state index in [1.165, 1.54) is 17.7 Å². The Hall–Kier alpha value is -1.06. The van der Waals surface area contributed by atoms with E-state index in [1.54, 1.807) is 6.07 Å². The zero-order valence-corrected chi connectivity index (χ0v) is 12.1. The van der Waals surface area contributed by atoms with E-state index in [0.29, 0.717) is 11.5 Å². The smallest absolute Gasteiger partial charge is 0.142 e. The number of aryl methyl sites for hydroxylation is 1. The van der Waals surface area contributed by atoms with Gasteiger partial charge in [0.15, 0.2) is 0 Å². The first-order valence-corrected chi connectivity index (χ1v) is 6.88. The van der Waals surface area contributed by atoms with Crippen LogP contribution in [0.1, 0.15) is 11.1 Å². The zero-order valence-electron chi connectivity index (χ0n) is 9.71. The van der Waals surface area contributed by atoms with Crippen LogP contribution in [0.2, 0.25) is 5.02 Å². The lowest BCUT2D eigenvalue weighted by molar-refractivity contribution is 0.480. The van der Waals surface area contributed by atoms with Crippen LogP contribution in [-0.2, 0) is 5.33 Å². The molecule has 4 heteroatoms. The molecular weight excluding hydrogens is 319 g/mol. The number of alkyl halides is 1. The summed E-state index contributed by atoms with van der Waals surface area (Å²) in [7, 11) is 0. The topological polar surface area (TPSA) is 9.23 Å². The fourth-order valence-corrected chi connectivity index (χ4v) is 2.36. The van der Waals surface area contributed by atoms with Gasteiger partial charge >= 0.3 is 0 Å². The van der Waals surface area contributed by atoms with Crippen molar-refractivity contribution in [2.24, 2.45) is 0 Å². The molecule has 0 aromatic heterocycles. The average molecular weight is 330 g/mol. The minimum Gasteiger partial charge on any atom is -0.457 e. The Bertz CT molecular complexity index is 572. The lowest BCUT2D eigenvalue weighted by Gasteiger charge is -2.09. The van der Waals surface area contributed by atoms with Gasteiger partial charge in [0.2, 0.25) is 0 Å². The van der Waals surface area contributed by atoms with E-state index in [4.69, 9.17) is 16.3 Å². The molecule has 0 saturated heterocycles. The predicted molar refractivity (Wildman–Crippen MR) is 75.3 cm³/mol. The molecule has 0 saturated carbocycles. The molecule has 18 heavy (non-hydrogen) atoms. The van der Waals surface area contributed by atoms with Crippen molar-refractivity contribution in [3.05, 3.63) is 58.4 Å². The van der Waals surface area contributed by atoms with Crippen molar-refractivity contribution >= 4 is 27.5 Å². The highest BCUT2D eigenvalue weighted by molar-refractivity contribution is 9.08. The number of hydrogen-bond acceptors (Lipinski definition) is 1. The molecule has 2 aromatic carbocycles. The molecule has 2 aromatic rings. The average Bonchev–Trinajstić information content (AvgIpc) is 2.34. The summed E-state index contributed by atoms with van der Waals surface area (Å²) in [4.78, 5) is 0. The highest BCUT2D eigenvalue weighted by Gasteiger charge is 2.04. The second kappa shape index (κ2) is 5.72. The molecule has 0 N–H and O–H groups in total.